The molecule has 0 saturated carbocycles. The van der Waals surface area contributed by atoms with Gasteiger partial charge in [-0.2, -0.15) is 4.74 Å². The van der Waals surface area contributed by atoms with E-state index in [-0.39, 0.29) is 23.6 Å². The second kappa shape index (κ2) is 12.8. The lowest BCUT2D eigenvalue weighted by molar-refractivity contribution is -0.362. The van der Waals surface area contributed by atoms with Gasteiger partial charge < -0.3 is 25.5 Å². The normalized spacial score (nSPS) is 25.6. The standard InChI is InChI=1S/C40H48N4O5/c1-4-27-14-16-28(17-15-27)35(45)41-21-11-9-7-5-6-8-10-12-23-49-29-18-19-30-31-25-40-33(38(2,3)34(31)44(48)32(30)24-29)26-39(36(46)42-40)20-13-22-43(39)37(40)47/h4,14-19,24-25,33H,1,5-13,20-23,26H2,2-3H3,(H,41,45)(H,42,46)/t33?,39-,40-/m0/s1. The lowest BCUT2D eigenvalue weighted by Crippen LogP contribution is -2.83. The van der Waals surface area contributed by atoms with E-state index in [1.165, 1.54) is 12.8 Å². The molecule has 49 heavy (non-hydrogen) atoms. The Morgan fingerprint density at radius 1 is 1.06 bits per heavy atom. The van der Waals surface area contributed by atoms with Crippen molar-refractivity contribution in [2.45, 2.75) is 95.6 Å². The van der Waals surface area contributed by atoms with E-state index in [0.717, 1.165) is 66.4 Å². The van der Waals surface area contributed by atoms with Crippen molar-refractivity contribution >= 4 is 40.8 Å². The quantitative estimate of drug-likeness (QED) is 0.136. The van der Waals surface area contributed by atoms with Crippen molar-refractivity contribution in [3.05, 3.63) is 77.0 Å². The summed E-state index contributed by atoms with van der Waals surface area (Å²) in [5, 5.41) is 20.1. The van der Waals surface area contributed by atoms with Crippen LogP contribution < -0.4 is 15.4 Å². The Hall–Kier alpha value is -4.40. The fourth-order valence-corrected chi connectivity index (χ4v) is 9.11. The van der Waals surface area contributed by atoms with E-state index in [4.69, 9.17) is 4.74 Å². The minimum absolute atomic E-state index is 0.0285. The van der Waals surface area contributed by atoms with Gasteiger partial charge in [-0.3, -0.25) is 14.4 Å². The summed E-state index contributed by atoms with van der Waals surface area (Å²) in [5.41, 5.74) is 1.89. The molecule has 0 radical (unpaired) electrons. The second-order valence-electron chi connectivity index (χ2n) is 15.0. The summed E-state index contributed by atoms with van der Waals surface area (Å²) < 4.78 is 7.13. The highest BCUT2D eigenvalue weighted by atomic mass is 16.5. The topological polar surface area (TPSA) is 114 Å². The van der Waals surface area contributed by atoms with Crippen LogP contribution >= 0.6 is 0 Å². The van der Waals surface area contributed by atoms with Gasteiger partial charge >= 0.3 is 0 Å². The molecule has 3 atom stereocenters. The fourth-order valence-electron chi connectivity index (χ4n) is 9.11. The van der Waals surface area contributed by atoms with Crippen LogP contribution in [0.1, 0.15) is 106 Å². The third-order valence-corrected chi connectivity index (χ3v) is 11.7. The third kappa shape index (κ3) is 5.46. The molecule has 6 aliphatic rings. The average molecular weight is 665 g/mol. The summed E-state index contributed by atoms with van der Waals surface area (Å²) in [4.78, 5) is 41.4. The number of benzene rings is 2. The van der Waals surface area contributed by atoms with Crippen LogP contribution in [0.5, 0.6) is 5.75 Å². The highest BCUT2D eigenvalue weighted by molar-refractivity contribution is 6.30. The molecule has 0 aromatic heterocycles. The van der Waals surface area contributed by atoms with Crippen molar-refractivity contribution in [2.75, 3.05) is 19.7 Å². The van der Waals surface area contributed by atoms with Gasteiger partial charge in [0.05, 0.1) is 29.2 Å². The number of nitrogens with zero attached hydrogens (tertiary/aromatic N) is 2. The molecule has 1 unspecified atom stereocenters. The largest absolute Gasteiger partial charge is 0.618 e. The molecule has 5 heterocycles. The molecule has 4 fully saturated rings. The number of ether oxygens (including phenoxy) is 1. The fraction of sp³-hybridized carbons (Fsp3) is 0.500. The van der Waals surface area contributed by atoms with Gasteiger partial charge in [-0.05, 0) is 81.9 Å². The summed E-state index contributed by atoms with van der Waals surface area (Å²) in [7, 11) is 0. The van der Waals surface area contributed by atoms with Crippen molar-refractivity contribution in [1.82, 2.24) is 15.5 Å². The molecular formula is C40H48N4O5. The molecule has 2 bridgehead atoms. The molecule has 8 rings (SSSR count). The van der Waals surface area contributed by atoms with Gasteiger partial charge in [0.25, 0.3) is 11.8 Å². The molecule has 9 nitrogen and oxygen atoms in total. The van der Waals surface area contributed by atoms with Crippen LogP contribution in [0.25, 0.3) is 11.6 Å². The maximum Gasteiger partial charge on any atom is 0.253 e. The van der Waals surface area contributed by atoms with Crippen molar-refractivity contribution in [1.29, 1.82) is 0 Å². The number of carbonyl (C=O) groups excluding carboxylic acids is 3. The highest BCUT2D eigenvalue weighted by Crippen LogP contribution is 2.60. The van der Waals surface area contributed by atoms with Crippen LogP contribution in [-0.2, 0) is 9.59 Å². The van der Waals surface area contributed by atoms with E-state index >= 15 is 0 Å². The van der Waals surface area contributed by atoms with Gasteiger partial charge in [-0.1, -0.05) is 63.3 Å². The predicted octanol–water partition coefficient (Wildman–Crippen LogP) is 6.53. The molecule has 1 aliphatic carbocycles. The Bertz CT molecular complexity index is 1740. The van der Waals surface area contributed by atoms with Gasteiger partial charge in [-0.15, -0.1) is 0 Å². The SMILES string of the molecule is C=Cc1ccc(C(=O)NCCCCCCCCCCOc2ccc3c(c2)[N+]([O-])=C2C3=C[C@@]34NC(=O)[C@]5(CCCN5C3=O)CC4C2(C)C)cc1. The number of hydrogen-bond donors (Lipinski definition) is 2. The smallest absolute Gasteiger partial charge is 0.253 e. The zero-order valence-electron chi connectivity index (χ0n) is 28.8. The first-order valence-corrected chi connectivity index (χ1v) is 18.1. The number of piperazine rings is 1. The Kier molecular flexibility index (Phi) is 8.66. The number of nitrogens with one attached hydrogen (secondary N) is 2. The summed E-state index contributed by atoms with van der Waals surface area (Å²) in [6, 6.07) is 13.1. The molecule has 9 heteroatoms. The van der Waals surface area contributed by atoms with Gasteiger partial charge in [0, 0.05) is 24.6 Å². The molecule has 4 saturated heterocycles. The first-order valence-electron chi connectivity index (χ1n) is 18.1. The maximum absolute atomic E-state index is 14.0. The van der Waals surface area contributed by atoms with Gasteiger partial charge in [0.15, 0.2) is 0 Å². The van der Waals surface area contributed by atoms with Crippen LogP contribution in [0.2, 0.25) is 0 Å². The number of carbonyl (C=O) groups is 3. The highest BCUT2D eigenvalue weighted by Gasteiger charge is 2.73. The molecule has 258 valence electrons. The number of allylic oxidation sites excluding steroid dienone is 1. The monoisotopic (exact) mass is 664 g/mol. The zero-order valence-corrected chi connectivity index (χ0v) is 28.8. The van der Waals surface area contributed by atoms with Gasteiger partial charge in [-0.25, -0.2) is 0 Å². The Labute approximate surface area is 289 Å². The second-order valence-corrected chi connectivity index (χ2v) is 15.0. The number of piperidine rings is 2. The number of fused-ring (bicyclic) bond motifs is 4. The van der Waals surface area contributed by atoms with Gasteiger partial charge in [0.2, 0.25) is 17.3 Å². The van der Waals surface area contributed by atoms with Crippen LogP contribution in [0.4, 0.5) is 5.69 Å². The van der Waals surface area contributed by atoms with Crippen LogP contribution in [-0.4, -0.2) is 63.8 Å². The van der Waals surface area contributed by atoms with Gasteiger partial charge in [0.1, 0.15) is 16.8 Å². The number of rotatable bonds is 14. The number of amides is 3. The summed E-state index contributed by atoms with van der Waals surface area (Å²) in [6.45, 7) is 9.74. The lowest BCUT2D eigenvalue weighted by Gasteiger charge is -2.62. The molecule has 2 N–H and O–H groups in total. The molecule has 3 amide bonds. The Morgan fingerprint density at radius 3 is 2.51 bits per heavy atom. The van der Waals surface area contributed by atoms with Crippen molar-refractivity contribution < 1.29 is 23.9 Å². The maximum atomic E-state index is 14.0. The zero-order chi connectivity index (χ0) is 34.4. The first kappa shape index (κ1) is 33.1. The third-order valence-electron chi connectivity index (χ3n) is 11.7. The van der Waals surface area contributed by atoms with E-state index in [1.807, 2.05) is 53.4 Å². The van der Waals surface area contributed by atoms with E-state index < -0.39 is 16.5 Å². The van der Waals surface area contributed by atoms with Crippen molar-refractivity contribution in [2.24, 2.45) is 11.3 Å². The minimum Gasteiger partial charge on any atom is -0.618 e. The Morgan fingerprint density at radius 2 is 1.78 bits per heavy atom. The Balaban J connectivity index is 0.862. The summed E-state index contributed by atoms with van der Waals surface area (Å²) in [6.07, 6.45) is 14.5. The molecule has 5 aliphatic heterocycles. The van der Waals surface area contributed by atoms with Crippen LogP contribution in [0.15, 0.2) is 55.1 Å². The predicted molar refractivity (Wildman–Crippen MR) is 190 cm³/mol. The number of hydrogen-bond acceptors (Lipinski definition) is 5. The minimum atomic E-state index is -1.12. The summed E-state index contributed by atoms with van der Waals surface area (Å²) in [5.74, 6) is 0.360. The van der Waals surface area contributed by atoms with E-state index in [1.54, 1.807) is 6.08 Å². The van der Waals surface area contributed by atoms with Crippen molar-refractivity contribution in [3.8, 4) is 5.75 Å². The summed E-state index contributed by atoms with van der Waals surface area (Å²) >= 11 is 0. The molecule has 2 aromatic carbocycles. The molecule has 2 spiro atoms. The van der Waals surface area contributed by atoms with E-state index in [9.17, 15) is 19.6 Å². The van der Waals surface area contributed by atoms with E-state index in [2.05, 4.69) is 31.1 Å². The lowest BCUT2D eigenvalue weighted by atomic mass is 9.51. The van der Waals surface area contributed by atoms with Crippen molar-refractivity contribution in [3.63, 3.8) is 0 Å². The van der Waals surface area contributed by atoms with E-state index in [0.29, 0.717) is 55.3 Å². The first-order chi connectivity index (χ1) is 23.6. The molecule has 2 aromatic rings. The average Bonchev–Trinajstić information content (AvgIpc) is 3.66. The number of unbranched alkanes of at least 4 members (excludes halogenated alkanes) is 7. The van der Waals surface area contributed by atoms with Crippen LogP contribution in [0, 0.1) is 16.5 Å². The molecular weight excluding hydrogens is 616 g/mol. The van der Waals surface area contributed by atoms with Crippen LogP contribution in [0.3, 0.4) is 0 Å².